The molecule has 2 N–H and O–H groups in total. The molecule has 4 aromatic carbocycles. The van der Waals surface area contributed by atoms with Crippen molar-refractivity contribution in [1.82, 2.24) is 19.9 Å². The number of para-hydroxylation sites is 1. The van der Waals surface area contributed by atoms with E-state index in [1.54, 1.807) is 14.2 Å². The summed E-state index contributed by atoms with van der Waals surface area (Å²) >= 11 is 0. The summed E-state index contributed by atoms with van der Waals surface area (Å²) in [5.41, 5.74) is 15.1. The van der Waals surface area contributed by atoms with E-state index in [0.29, 0.717) is 11.5 Å². The second kappa shape index (κ2) is 13.1. The Kier molecular flexibility index (Phi) is 7.82. The average Bonchev–Trinajstić information content (AvgIpc) is 4.04. The van der Waals surface area contributed by atoms with Gasteiger partial charge in [0.2, 0.25) is 0 Å². The molecule has 0 unspecified atom stereocenters. The quantitative estimate of drug-likeness (QED) is 0.184. The van der Waals surface area contributed by atoms with Crippen LogP contribution in [0, 0.1) is 0 Å². The molecular formula is C46H34N4O2. The number of H-pyrrole nitrogens is 2. The van der Waals surface area contributed by atoms with Gasteiger partial charge < -0.3 is 19.4 Å². The molecular weight excluding hydrogens is 641 g/mol. The zero-order chi connectivity index (χ0) is 35.0. The van der Waals surface area contributed by atoms with Gasteiger partial charge in [0.25, 0.3) is 0 Å². The van der Waals surface area contributed by atoms with E-state index in [1.165, 1.54) is 0 Å². The smallest absolute Gasteiger partial charge is 0.168 e. The highest BCUT2D eigenvalue weighted by molar-refractivity contribution is 6.00. The van der Waals surface area contributed by atoms with Crippen LogP contribution in [0.5, 0.6) is 11.5 Å². The van der Waals surface area contributed by atoms with E-state index in [0.717, 1.165) is 89.4 Å². The van der Waals surface area contributed by atoms with Crippen LogP contribution >= 0.6 is 0 Å². The Morgan fingerprint density at radius 3 is 1.15 bits per heavy atom. The molecule has 3 aromatic heterocycles. The maximum atomic E-state index is 6.01. The third kappa shape index (κ3) is 5.38. The summed E-state index contributed by atoms with van der Waals surface area (Å²) in [5, 5.41) is 0. The maximum absolute atomic E-state index is 6.01. The van der Waals surface area contributed by atoms with Crippen LogP contribution < -0.4 is 9.47 Å². The molecule has 8 bridgehead atoms. The largest absolute Gasteiger partial charge is 0.493 e. The molecule has 0 aliphatic carbocycles. The van der Waals surface area contributed by atoms with Crippen LogP contribution in [-0.2, 0) is 0 Å². The Bertz CT molecular complexity index is 2650. The number of hydrogen-bond donors (Lipinski definition) is 2. The van der Waals surface area contributed by atoms with Crippen molar-refractivity contribution in [3.05, 3.63) is 156 Å². The van der Waals surface area contributed by atoms with Crippen LogP contribution in [0.25, 0.3) is 90.9 Å². The van der Waals surface area contributed by atoms with Gasteiger partial charge >= 0.3 is 0 Å². The lowest BCUT2D eigenvalue weighted by molar-refractivity contribution is 0.356. The number of fused-ring (bicyclic) bond motifs is 8. The molecule has 6 nitrogen and oxygen atoms in total. The summed E-state index contributed by atoms with van der Waals surface area (Å²) < 4.78 is 11.8. The minimum absolute atomic E-state index is 0.634. The second-order valence-electron chi connectivity index (χ2n) is 12.6. The molecule has 0 radical (unpaired) electrons. The molecule has 250 valence electrons. The normalized spacial score (nSPS) is 11.9. The summed E-state index contributed by atoms with van der Waals surface area (Å²) in [6, 6.07) is 45.8. The Labute approximate surface area is 301 Å². The van der Waals surface area contributed by atoms with Crippen molar-refractivity contribution in [3.63, 3.8) is 0 Å². The predicted molar refractivity (Wildman–Crippen MR) is 214 cm³/mol. The van der Waals surface area contributed by atoms with Gasteiger partial charge in [0.15, 0.2) is 11.5 Å². The Hall–Kier alpha value is -6.92. The lowest BCUT2D eigenvalue weighted by Gasteiger charge is -2.13. The first kappa shape index (κ1) is 31.1. The van der Waals surface area contributed by atoms with Gasteiger partial charge in [-0.05, 0) is 71.3 Å². The fraction of sp³-hybridized carbons (Fsp3) is 0.0435. The van der Waals surface area contributed by atoms with Gasteiger partial charge in [-0.15, -0.1) is 0 Å². The molecule has 0 saturated carbocycles. The molecule has 6 heteroatoms. The standard InChI is InChI=1S/C46H34N4O2/c1-51-41-20-12-19-32(46(41)52-2)45-39-27-25-37(49-39)43(30-15-8-4-9-16-30)35-23-21-33(47-35)42(29-13-6-3-7-14-29)34-22-24-36(48-34)44(31-17-10-5-11-18-31)38-26-28-40(45)50-38/h3-28,47,50H,1-2H3. The van der Waals surface area contributed by atoms with Crippen molar-refractivity contribution in [2.24, 2.45) is 0 Å². The van der Waals surface area contributed by atoms with Crippen LogP contribution in [0.4, 0.5) is 0 Å². The van der Waals surface area contributed by atoms with E-state index in [2.05, 4.69) is 137 Å². The SMILES string of the molecule is COc1cccc(-c2c3nc(c(-c4ccccc4)c4ccc([nH]4)c(-c4ccccc4)c4nc(c(-c5ccccc5)c5ccc2[nH]5)C=C4)C=C3)c1OC. The van der Waals surface area contributed by atoms with Gasteiger partial charge in [0.05, 0.1) is 37.0 Å². The highest BCUT2D eigenvalue weighted by Crippen LogP contribution is 2.43. The molecule has 0 fully saturated rings. The topological polar surface area (TPSA) is 75.8 Å². The van der Waals surface area contributed by atoms with Gasteiger partial charge in [0.1, 0.15) is 0 Å². The van der Waals surface area contributed by atoms with Crippen molar-refractivity contribution in [2.45, 2.75) is 0 Å². The summed E-state index contributed by atoms with van der Waals surface area (Å²) in [6.07, 6.45) is 8.42. The molecule has 0 amide bonds. The molecule has 0 spiro atoms. The van der Waals surface area contributed by atoms with Gasteiger partial charge in [-0.2, -0.15) is 0 Å². The number of hydrogen-bond acceptors (Lipinski definition) is 4. The molecule has 52 heavy (non-hydrogen) atoms. The number of aromatic nitrogens is 4. The van der Waals surface area contributed by atoms with E-state index in [-0.39, 0.29) is 0 Å². The van der Waals surface area contributed by atoms with Gasteiger partial charge in [-0.3, -0.25) is 0 Å². The molecule has 9 rings (SSSR count). The Morgan fingerprint density at radius 1 is 0.385 bits per heavy atom. The molecule has 2 aliphatic heterocycles. The van der Waals surface area contributed by atoms with E-state index in [9.17, 15) is 0 Å². The third-order valence-corrected chi connectivity index (χ3v) is 9.61. The maximum Gasteiger partial charge on any atom is 0.168 e. The first-order valence-corrected chi connectivity index (χ1v) is 17.2. The Morgan fingerprint density at radius 2 is 0.769 bits per heavy atom. The highest BCUT2D eigenvalue weighted by atomic mass is 16.5. The fourth-order valence-electron chi connectivity index (χ4n) is 7.30. The summed E-state index contributed by atoms with van der Waals surface area (Å²) in [6.45, 7) is 0. The second-order valence-corrected chi connectivity index (χ2v) is 12.6. The van der Waals surface area contributed by atoms with Crippen molar-refractivity contribution in [1.29, 1.82) is 0 Å². The Balaban J connectivity index is 1.49. The predicted octanol–water partition coefficient (Wildman–Crippen LogP) is 11.3. The van der Waals surface area contributed by atoms with Crippen LogP contribution in [0.2, 0.25) is 0 Å². The van der Waals surface area contributed by atoms with Gasteiger partial charge in [-0.1, -0.05) is 103 Å². The lowest BCUT2D eigenvalue weighted by atomic mass is 10.0. The van der Waals surface area contributed by atoms with Crippen LogP contribution in [0.3, 0.4) is 0 Å². The van der Waals surface area contributed by atoms with Crippen molar-refractivity contribution in [3.8, 4) is 56.0 Å². The van der Waals surface area contributed by atoms with Crippen molar-refractivity contribution < 1.29 is 9.47 Å². The van der Waals surface area contributed by atoms with Gasteiger partial charge in [0, 0.05) is 49.9 Å². The number of nitrogens with one attached hydrogen (secondary N) is 2. The number of benzene rings is 4. The monoisotopic (exact) mass is 674 g/mol. The van der Waals surface area contributed by atoms with E-state index in [1.807, 2.05) is 30.3 Å². The lowest BCUT2D eigenvalue weighted by Crippen LogP contribution is -1.95. The number of rotatable bonds is 6. The summed E-state index contributed by atoms with van der Waals surface area (Å²) in [4.78, 5) is 18.3. The molecule has 7 aromatic rings. The fourth-order valence-corrected chi connectivity index (χ4v) is 7.30. The van der Waals surface area contributed by atoms with Crippen LogP contribution in [-0.4, -0.2) is 34.2 Å². The zero-order valence-electron chi connectivity index (χ0n) is 28.7. The van der Waals surface area contributed by atoms with Crippen molar-refractivity contribution in [2.75, 3.05) is 14.2 Å². The molecule has 0 saturated heterocycles. The van der Waals surface area contributed by atoms with Crippen molar-refractivity contribution >= 4 is 46.4 Å². The molecule has 2 aliphatic rings. The third-order valence-electron chi connectivity index (χ3n) is 9.61. The van der Waals surface area contributed by atoms with E-state index in [4.69, 9.17) is 19.4 Å². The number of methoxy groups -OCH3 is 2. The van der Waals surface area contributed by atoms with Gasteiger partial charge in [-0.25, -0.2) is 9.97 Å². The minimum Gasteiger partial charge on any atom is -0.493 e. The van der Waals surface area contributed by atoms with Crippen LogP contribution in [0.15, 0.2) is 133 Å². The molecule has 5 heterocycles. The number of aromatic amines is 2. The van der Waals surface area contributed by atoms with E-state index >= 15 is 0 Å². The molecule has 0 atom stereocenters. The average molecular weight is 675 g/mol. The number of nitrogens with zero attached hydrogens (tertiary/aromatic N) is 2. The van der Waals surface area contributed by atoms with E-state index < -0.39 is 0 Å². The first-order valence-electron chi connectivity index (χ1n) is 17.2. The highest BCUT2D eigenvalue weighted by Gasteiger charge is 2.21. The zero-order valence-corrected chi connectivity index (χ0v) is 28.7. The van der Waals surface area contributed by atoms with Crippen LogP contribution in [0.1, 0.15) is 22.8 Å². The summed E-state index contributed by atoms with van der Waals surface area (Å²) in [5.74, 6) is 1.28. The summed E-state index contributed by atoms with van der Waals surface area (Å²) in [7, 11) is 3.33. The first-order chi connectivity index (χ1) is 25.7. The number of ether oxygens (including phenoxy) is 2. The minimum atomic E-state index is 0.634.